The zero-order valence-corrected chi connectivity index (χ0v) is 18.9. The van der Waals surface area contributed by atoms with Gasteiger partial charge in [0.25, 0.3) is 5.69 Å². The summed E-state index contributed by atoms with van der Waals surface area (Å²) in [6.45, 7) is 0. The van der Waals surface area contributed by atoms with E-state index in [0.717, 1.165) is 21.1 Å². The summed E-state index contributed by atoms with van der Waals surface area (Å²) in [5, 5.41) is 10.5. The van der Waals surface area contributed by atoms with Gasteiger partial charge in [-0.05, 0) is 73.8 Å². The van der Waals surface area contributed by atoms with Crippen molar-refractivity contribution in [3.05, 3.63) is 72.2 Å². The number of nitro groups is 1. The molecular formula is C19H16Br2N2O7. The number of methoxy groups -OCH3 is 2. The minimum absolute atomic E-state index is 0.102. The number of nitrogens with zero attached hydrogens (tertiary/aromatic N) is 1. The van der Waals surface area contributed by atoms with Crippen LogP contribution in [0.25, 0.3) is 6.08 Å². The third kappa shape index (κ3) is 7.08. The Morgan fingerprint density at radius 3 is 1.93 bits per heavy atom. The van der Waals surface area contributed by atoms with Crippen molar-refractivity contribution in [2.75, 3.05) is 20.0 Å². The smallest absolute Gasteiger partial charge is 0.337 e. The maximum Gasteiger partial charge on any atom is 0.337 e. The van der Waals surface area contributed by atoms with Gasteiger partial charge in [0.15, 0.2) is 6.29 Å². The van der Waals surface area contributed by atoms with E-state index >= 15 is 0 Å². The summed E-state index contributed by atoms with van der Waals surface area (Å²) < 4.78 is 9.78. The molecule has 0 aromatic heterocycles. The van der Waals surface area contributed by atoms with Crippen molar-refractivity contribution < 1.29 is 28.8 Å². The molecule has 0 heterocycles. The highest BCUT2D eigenvalue weighted by Crippen LogP contribution is 2.23. The van der Waals surface area contributed by atoms with Gasteiger partial charge in [0.1, 0.15) is 0 Å². The summed E-state index contributed by atoms with van der Waals surface area (Å²) in [4.78, 5) is 42.6. The van der Waals surface area contributed by atoms with E-state index < -0.39 is 10.9 Å². The van der Waals surface area contributed by atoms with Gasteiger partial charge < -0.3 is 15.2 Å². The Hall–Kier alpha value is -3.05. The molecule has 158 valence electrons. The van der Waals surface area contributed by atoms with E-state index in [1.807, 2.05) is 0 Å². The highest BCUT2D eigenvalue weighted by molar-refractivity contribution is 9.28. The van der Waals surface area contributed by atoms with Crippen LogP contribution in [-0.2, 0) is 9.47 Å². The van der Waals surface area contributed by atoms with Crippen LogP contribution >= 0.6 is 31.9 Å². The van der Waals surface area contributed by atoms with E-state index in [9.17, 15) is 24.5 Å². The lowest BCUT2D eigenvalue weighted by molar-refractivity contribution is -0.385. The van der Waals surface area contributed by atoms with Crippen molar-refractivity contribution in [1.29, 1.82) is 0 Å². The number of aldehydes is 1. The standard InChI is InChI=1S/C10H9Br2NO2.C9H7NO5/c1-15-10(14)6-2-3-8(13)7(4-6)5-9(11)12;1-15-9(12)6-2-3-8(10(13)14)7(4-6)5-11/h2-5H,13H2,1H3;2-5H,1H3. The minimum Gasteiger partial charge on any atom is -0.465 e. The monoisotopic (exact) mass is 542 g/mol. The zero-order valence-electron chi connectivity index (χ0n) is 15.8. The Balaban J connectivity index is 0.000000300. The predicted octanol–water partition coefficient (Wildman–Crippen LogP) is 4.34. The average molecular weight is 544 g/mol. The third-order valence-electron chi connectivity index (χ3n) is 3.54. The van der Waals surface area contributed by atoms with Crippen molar-refractivity contribution in [1.82, 2.24) is 0 Å². The Morgan fingerprint density at radius 1 is 1.00 bits per heavy atom. The van der Waals surface area contributed by atoms with Gasteiger partial charge in [0.2, 0.25) is 0 Å². The van der Waals surface area contributed by atoms with Crippen LogP contribution in [0.1, 0.15) is 36.6 Å². The number of nitrogen functional groups attached to an aromatic ring is 1. The van der Waals surface area contributed by atoms with E-state index in [-0.39, 0.29) is 22.8 Å². The largest absolute Gasteiger partial charge is 0.465 e. The molecule has 2 aromatic rings. The molecule has 0 amide bonds. The van der Waals surface area contributed by atoms with Crippen LogP contribution < -0.4 is 5.73 Å². The molecule has 2 N–H and O–H groups in total. The molecule has 0 saturated heterocycles. The van der Waals surface area contributed by atoms with E-state index in [4.69, 9.17) is 5.73 Å². The highest BCUT2D eigenvalue weighted by atomic mass is 79.9. The molecule has 2 aromatic carbocycles. The van der Waals surface area contributed by atoms with Crippen LogP contribution in [0.15, 0.2) is 39.8 Å². The lowest BCUT2D eigenvalue weighted by Crippen LogP contribution is -2.03. The first-order valence-electron chi connectivity index (χ1n) is 7.97. The van der Waals surface area contributed by atoms with E-state index in [1.54, 1.807) is 24.3 Å². The molecule has 0 aliphatic heterocycles. The van der Waals surface area contributed by atoms with Gasteiger partial charge in [-0.2, -0.15) is 0 Å². The number of anilines is 1. The number of hydrogen-bond acceptors (Lipinski definition) is 8. The molecule has 30 heavy (non-hydrogen) atoms. The van der Waals surface area contributed by atoms with E-state index in [0.29, 0.717) is 17.5 Å². The number of benzene rings is 2. The molecule has 0 fully saturated rings. The summed E-state index contributed by atoms with van der Waals surface area (Å²) >= 11 is 6.46. The van der Waals surface area contributed by atoms with Crippen molar-refractivity contribution in [3.63, 3.8) is 0 Å². The van der Waals surface area contributed by atoms with Crippen LogP contribution in [0.5, 0.6) is 0 Å². The van der Waals surface area contributed by atoms with Crippen molar-refractivity contribution >= 4 is 67.5 Å². The summed E-state index contributed by atoms with van der Waals surface area (Å²) in [7, 11) is 2.53. The molecule has 0 aliphatic rings. The average Bonchev–Trinajstić information content (AvgIpc) is 2.73. The first-order valence-corrected chi connectivity index (χ1v) is 9.55. The number of halogens is 2. The molecule has 11 heteroatoms. The predicted molar refractivity (Wildman–Crippen MR) is 118 cm³/mol. The molecular weight excluding hydrogens is 528 g/mol. The Morgan fingerprint density at radius 2 is 1.50 bits per heavy atom. The number of carbonyl (C=O) groups excluding carboxylic acids is 3. The zero-order chi connectivity index (χ0) is 22.8. The summed E-state index contributed by atoms with van der Waals surface area (Å²) in [5.74, 6) is -1.02. The molecule has 0 radical (unpaired) electrons. The summed E-state index contributed by atoms with van der Waals surface area (Å²) in [6.07, 6.45) is 2.09. The molecule has 0 aliphatic carbocycles. The first-order chi connectivity index (χ1) is 14.1. The van der Waals surface area contributed by atoms with Gasteiger partial charge in [-0.15, -0.1) is 0 Å². The molecule has 0 saturated carbocycles. The van der Waals surface area contributed by atoms with Crippen LogP contribution in [0.4, 0.5) is 11.4 Å². The normalized spacial score (nSPS) is 9.47. The SMILES string of the molecule is COC(=O)c1ccc(N)c(C=C(Br)Br)c1.COC(=O)c1ccc([N+](=O)[O-])c(C=O)c1. The Kier molecular flexibility index (Phi) is 9.85. The Labute approximate surface area is 188 Å². The van der Waals surface area contributed by atoms with Gasteiger partial charge in [-0.1, -0.05) is 0 Å². The molecule has 9 nitrogen and oxygen atoms in total. The second kappa shape index (κ2) is 11.8. The number of esters is 2. The van der Waals surface area contributed by atoms with Gasteiger partial charge in [0, 0.05) is 11.8 Å². The highest BCUT2D eigenvalue weighted by Gasteiger charge is 2.16. The summed E-state index contributed by atoms with van der Waals surface area (Å²) in [6, 6.07) is 8.41. The molecule has 0 unspecified atom stereocenters. The number of nitro benzene ring substituents is 1. The Bertz CT molecular complexity index is 1000. The number of nitrogens with two attached hydrogens (primary N) is 1. The fraction of sp³-hybridized carbons (Fsp3) is 0.105. The fourth-order valence-electron chi connectivity index (χ4n) is 2.12. The third-order valence-corrected chi connectivity index (χ3v) is 4.00. The molecule has 2 rings (SSSR count). The number of hydrogen-bond donors (Lipinski definition) is 1. The number of carbonyl (C=O) groups is 3. The molecule has 0 atom stereocenters. The minimum atomic E-state index is -0.690. The number of ether oxygens (including phenoxy) is 2. The lowest BCUT2D eigenvalue weighted by Gasteiger charge is -2.04. The quantitative estimate of drug-likeness (QED) is 0.193. The van der Waals surface area contributed by atoms with Gasteiger partial charge >= 0.3 is 11.9 Å². The molecule has 0 spiro atoms. The second-order valence-corrected chi connectivity index (χ2v) is 8.18. The van der Waals surface area contributed by atoms with Gasteiger partial charge in [-0.3, -0.25) is 14.9 Å². The van der Waals surface area contributed by atoms with Gasteiger partial charge in [-0.25, -0.2) is 9.59 Å². The van der Waals surface area contributed by atoms with E-state index in [1.165, 1.54) is 20.3 Å². The second-order valence-electron chi connectivity index (χ2n) is 5.41. The topological polar surface area (TPSA) is 139 Å². The van der Waals surface area contributed by atoms with Crippen LogP contribution in [-0.4, -0.2) is 37.4 Å². The summed E-state index contributed by atoms with van der Waals surface area (Å²) in [5.41, 5.74) is 7.18. The fourth-order valence-corrected chi connectivity index (χ4v) is 2.62. The van der Waals surface area contributed by atoms with Crippen LogP contribution in [0.2, 0.25) is 0 Å². The van der Waals surface area contributed by atoms with Crippen molar-refractivity contribution in [2.45, 2.75) is 0 Å². The van der Waals surface area contributed by atoms with E-state index in [2.05, 4.69) is 41.3 Å². The van der Waals surface area contributed by atoms with Gasteiger partial charge in [0.05, 0.1) is 39.2 Å². The maximum absolute atomic E-state index is 11.3. The van der Waals surface area contributed by atoms with Crippen LogP contribution in [0.3, 0.4) is 0 Å². The number of rotatable bonds is 5. The molecule has 0 bridgehead atoms. The van der Waals surface area contributed by atoms with Crippen LogP contribution in [0, 0.1) is 10.1 Å². The lowest BCUT2D eigenvalue weighted by atomic mass is 10.1. The maximum atomic E-state index is 11.3. The van der Waals surface area contributed by atoms with Crippen molar-refractivity contribution in [3.8, 4) is 0 Å². The van der Waals surface area contributed by atoms with Crippen molar-refractivity contribution in [2.24, 2.45) is 0 Å². The first kappa shape index (κ1) is 25.0.